The summed E-state index contributed by atoms with van der Waals surface area (Å²) in [6.07, 6.45) is 2.77. The Labute approximate surface area is 139 Å². The van der Waals surface area contributed by atoms with Gasteiger partial charge in [0.2, 0.25) is 0 Å². The topological polar surface area (TPSA) is 72.7 Å². The summed E-state index contributed by atoms with van der Waals surface area (Å²) in [6.45, 7) is 5.01. The number of nitro benzene ring substituents is 1. The molecule has 1 saturated heterocycles. The van der Waals surface area contributed by atoms with E-state index in [1.54, 1.807) is 12.1 Å². The van der Waals surface area contributed by atoms with Crippen molar-refractivity contribution < 1.29 is 14.5 Å². The first kappa shape index (κ1) is 17.3. The molecule has 0 spiro atoms. The molecule has 23 heavy (non-hydrogen) atoms. The van der Waals surface area contributed by atoms with E-state index in [9.17, 15) is 14.9 Å². The van der Waals surface area contributed by atoms with Crippen LogP contribution in [0.2, 0.25) is 0 Å². The second-order valence-electron chi connectivity index (χ2n) is 5.37. The third-order valence-electron chi connectivity index (χ3n) is 4.00. The number of ether oxygens (including phenoxy) is 1. The lowest BCUT2D eigenvalue weighted by molar-refractivity contribution is -0.384. The number of thioether (sulfide) groups is 1. The minimum absolute atomic E-state index is 0.0583. The van der Waals surface area contributed by atoms with Gasteiger partial charge in [-0.1, -0.05) is 13.0 Å². The predicted octanol–water partition coefficient (Wildman–Crippen LogP) is 3.11. The number of methoxy groups -OCH3 is 1. The van der Waals surface area contributed by atoms with Crippen LogP contribution in [0.3, 0.4) is 0 Å². The molecule has 2 unspecified atom stereocenters. The van der Waals surface area contributed by atoms with Gasteiger partial charge < -0.3 is 9.64 Å². The average Bonchev–Trinajstić information content (AvgIpc) is 2.55. The smallest absolute Gasteiger partial charge is 0.330 e. The van der Waals surface area contributed by atoms with E-state index in [0.29, 0.717) is 16.5 Å². The molecule has 0 bridgehead atoms. The number of carbonyl (C=O) groups is 1. The summed E-state index contributed by atoms with van der Waals surface area (Å²) in [6, 6.07) is 5.26. The molecule has 0 aromatic heterocycles. The first-order chi connectivity index (χ1) is 10.9. The van der Waals surface area contributed by atoms with Crippen molar-refractivity contribution >= 4 is 35.2 Å². The quantitative estimate of drug-likeness (QED) is 0.364. The highest BCUT2D eigenvalue weighted by molar-refractivity contribution is 8.00. The highest BCUT2D eigenvalue weighted by Crippen LogP contribution is 2.35. The number of anilines is 1. The first-order valence-corrected chi connectivity index (χ1v) is 8.41. The fourth-order valence-corrected chi connectivity index (χ4v) is 3.64. The van der Waals surface area contributed by atoms with Gasteiger partial charge in [-0.2, -0.15) is 11.8 Å². The van der Waals surface area contributed by atoms with Gasteiger partial charge in [-0.25, -0.2) is 4.79 Å². The zero-order valence-corrected chi connectivity index (χ0v) is 14.2. The molecule has 1 heterocycles. The van der Waals surface area contributed by atoms with E-state index < -0.39 is 5.97 Å². The van der Waals surface area contributed by atoms with Crippen molar-refractivity contribution in [2.24, 2.45) is 0 Å². The molecule has 1 aromatic carbocycles. The summed E-state index contributed by atoms with van der Waals surface area (Å²) in [4.78, 5) is 24.3. The summed E-state index contributed by atoms with van der Waals surface area (Å²) in [7, 11) is 1.29. The molecule has 124 valence electrons. The van der Waals surface area contributed by atoms with Gasteiger partial charge in [0.25, 0.3) is 5.69 Å². The molecule has 1 aliphatic heterocycles. The Bertz CT molecular complexity index is 633. The van der Waals surface area contributed by atoms with Crippen molar-refractivity contribution in [2.45, 2.75) is 25.1 Å². The maximum absolute atomic E-state index is 11.5. The molecule has 1 aliphatic rings. The number of hydrogen-bond acceptors (Lipinski definition) is 6. The Morgan fingerprint density at radius 3 is 2.87 bits per heavy atom. The van der Waals surface area contributed by atoms with Crippen molar-refractivity contribution in [1.82, 2.24) is 0 Å². The minimum Gasteiger partial charge on any atom is -0.466 e. The van der Waals surface area contributed by atoms with Crippen molar-refractivity contribution in [3.63, 3.8) is 0 Å². The van der Waals surface area contributed by atoms with E-state index in [-0.39, 0.29) is 16.7 Å². The highest BCUT2D eigenvalue weighted by atomic mass is 32.2. The fourth-order valence-electron chi connectivity index (χ4n) is 2.54. The molecule has 2 rings (SSSR count). The molecular weight excluding hydrogens is 316 g/mol. The van der Waals surface area contributed by atoms with Gasteiger partial charge in [0, 0.05) is 35.7 Å². The van der Waals surface area contributed by atoms with Crippen LogP contribution in [0, 0.1) is 10.1 Å². The van der Waals surface area contributed by atoms with E-state index in [2.05, 4.69) is 23.5 Å². The van der Waals surface area contributed by atoms with Crippen LogP contribution in [-0.4, -0.2) is 41.6 Å². The van der Waals surface area contributed by atoms with Crippen LogP contribution in [-0.2, 0) is 9.53 Å². The second kappa shape index (κ2) is 7.50. The molecule has 1 aromatic rings. The number of nitrogens with zero attached hydrogens (tertiary/aromatic N) is 2. The Morgan fingerprint density at radius 1 is 1.48 bits per heavy atom. The third-order valence-corrected chi connectivity index (χ3v) is 5.34. The summed E-state index contributed by atoms with van der Waals surface area (Å²) in [5.74, 6) is 0.458. The van der Waals surface area contributed by atoms with Crippen molar-refractivity contribution in [1.29, 1.82) is 0 Å². The van der Waals surface area contributed by atoms with Gasteiger partial charge in [-0.15, -0.1) is 0 Å². The molecule has 6 nitrogen and oxygen atoms in total. The average molecular weight is 336 g/mol. The first-order valence-electron chi connectivity index (χ1n) is 7.36. The van der Waals surface area contributed by atoms with Gasteiger partial charge in [0.05, 0.1) is 12.0 Å². The van der Waals surface area contributed by atoms with Crippen LogP contribution in [0.4, 0.5) is 11.4 Å². The van der Waals surface area contributed by atoms with E-state index in [4.69, 9.17) is 0 Å². The lowest BCUT2D eigenvalue weighted by Crippen LogP contribution is -2.45. The maximum Gasteiger partial charge on any atom is 0.330 e. The van der Waals surface area contributed by atoms with Gasteiger partial charge in [0.1, 0.15) is 5.69 Å². The van der Waals surface area contributed by atoms with Gasteiger partial charge in [0.15, 0.2) is 0 Å². The fraction of sp³-hybridized carbons (Fsp3) is 0.438. The third kappa shape index (κ3) is 4.04. The van der Waals surface area contributed by atoms with E-state index in [0.717, 1.165) is 12.3 Å². The van der Waals surface area contributed by atoms with Gasteiger partial charge in [-0.05, 0) is 24.6 Å². The summed E-state index contributed by atoms with van der Waals surface area (Å²) >= 11 is 1.88. The number of benzene rings is 1. The van der Waals surface area contributed by atoms with Crippen LogP contribution < -0.4 is 4.90 Å². The normalized spacial score (nSPS) is 21.4. The Balaban J connectivity index is 2.35. The lowest BCUT2D eigenvalue weighted by Gasteiger charge is -2.38. The SMILES string of the molecule is COC(=O)/C=C/c1ccc(N2CCSC(C)C2C)c([N+](=O)[O-])c1. The molecule has 0 N–H and O–H groups in total. The van der Waals surface area contributed by atoms with E-state index >= 15 is 0 Å². The summed E-state index contributed by atoms with van der Waals surface area (Å²) in [5.41, 5.74) is 1.28. The Hall–Kier alpha value is -2.02. The minimum atomic E-state index is -0.493. The number of nitro groups is 1. The number of carbonyl (C=O) groups excluding carboxylic acids is 1. The van der Waals surface area contributed by atoms with Crippen LogP contribution in [0.25, 0.3) is 6.08 Å². The van der Waals surface area contributed by atoms with Crippen molar-refractivity contribution in [3.8, 4) is 0 Å². The molecule has 0 radical (unpaired) electrons. The summed E-state index contributed by atoms with van der Waals surface area (Å²) in [5, 5.41) is 11.9. The molecular formula is C16H20N2O4S. The Morgan fingerprint density at radius 2 is 2.22 bits per heavy atom. The molecule has 1 fully saturated rings. The van der Waals surface area contributed by atoms with Crippen molar-refractivity contribution in [3.05, 3.63) is 40.0 Å². The van der Waals surface area contributed by atoms with Gasteiger partial charge >= 0.3 is 5.97 Å². The molecule has 2 atom stereocenters. The molecule has 0 saturated carbocycles. The van der Waals surface area contributed by atoms with Crippen LogP contribution in [0.1, 0.15) is 19.4 Å². The molecule has 0 amide bonds. The zero-order valence-electron chi connectivity index (χ0n) is 13.4. The lowest BCUT2D eigenvalue weighted by atomic mass is 10.1. The van der Waals surface area contributed by atoms with E-state index in [1.807, 2.05) is 11.8 Å². The van der Waals surface area contributed by atoms with Crippen LogP contribution in [0.15, 0.2) is 24.3 Å². The molecule has 7 heteroatoms. The number of rotatable bonds is 4. The second-order valence-corrected chi connectivity index (χ2v) is 6.86. The molecule has 0 aliphatic carbocycles. The van der Waals surface area contributed by atoms with Crippen molar-refractivity contribution in [2.75, 3.05) is 24.3 Å². The summed E-state index contributed by atoms with van der Waals surface area (Å²) < 4.78 is 4.52. The van der Waals surface area contributed by atoms with Gasteiger partial charge in [-0.3, -0.25) is 10.1 Å². The van der Waals surface area contributed by atoms with Crippen LogP contribution >= 0.6 is 11.8 Å². The monoisotopic (exact) mass is 336 g/mol. The predicted molar refractivity (Wildman–Crippen MR) is 92.9 cm³/mol. The largest absolute Gasteiger partial charge is 0.466 e. The number of hydrogen-bond donors (Lipinski definition) is 0. The number of esters is 1. The maximum atomic E-state index is 11.5. The Kier molecular flexibility index (Phi) is 5.65. The van der Waals surface area contributed by atoms with E-state index in [1.165, 1.54) is 25.3 Å². The highest BCUT2D eigenvalue weighted by Gasteiger charge is 2.29. The van der Waals surface area contributed by atoms with Crippen LogP contribution in [0.5, 0.6) is 0 Å². The standard InChI is InChI=1S/C16H20N2O4S/c1-11-12(2)23-9-8-17(11)14-6-4-13(5-7-16(19)22-3)10-15(14)18(20)21/h4-7,10-12H,8-9H2,1-3H3/b7-5+. The zero-order chi connectivity index (χ0) is 17.0.